The van der Waals surface area contributed by atoms with Crippen molar-refractivity contribution in [1.29, 1.82) is 0 Å². The zero-order valence-electron chi connectivity index (χ0n) is 18.7. The molecule has 1 saturated heterocycles. The number of ether oxygens (including phenoxy) is 1. The number of nitrogens with zero attached hydrogens (tertiary/aromatic N) is 4. The normalized spacial score (nSPS) is 16.3. The van der Waals surface area contributed by atoms with Crippen molar-refractivity contribution in [3.63, 3.8) is 0 Å². The van der Waals surface area contributed by atoms with Crippen LogP contribution in [0.4, 0.5) is 5.82 Å². The quantitative estimate of drug-likeness (QED) is 0.620. The first-order valence-electron chi connectivity index (χ1n) is 11.2. The molecule has 2 aromatic heterocycles. The molecular formula is C24H29N5O2S. The topological polar surface area (TPSA) is 70.6 Å². The fourth-order valence-corrected chi connectivity index (χ4v) is 5.74. The lowest BCUT2D eigenvalue weighted by molar-refractivity contribution is 0.0331. The molecule has 5 rings (SSSR count). The van der Waals surface area contributed by atoms with E-state index < -0.39 is 0 Å². The van der Waals surface area contributed by atoms with Gasteiger partial charge in [0, 0.05) is 44.2 Å². The summed E-state index contributed by atoms with van der Waals surface area (Å²) in [5.74, 6) is 1.79. The largest absolute Gasteiger partial charge is 0.379 e. The van der Waals surface area contributed by atoms with E-state index in [2.05, 4.69) is 10.2 Å². The van der Waals surface area contributed by atoms with E-state index in [0.29, 0.717) is 12.1 Å². The van der Waals surface area contributed by atoms with Gasteiger partial charge in [-0.25, -0.2) is 9.97 Å². The maximum absolute atomic E-state index is 12.3. The number of benzene rings is 1. The second kappa shape index (κ2) is 9.13. The van der Waals surface area contributed by atoms with Gasteiger partial charge in [-0.3, -0.25) is 9.69 Å². The van der Waals surface area contributed by atoms with Crippen molar-refractivity contribution >= 4 is 33.3 Å². The Kier molecular flexibility index (Phi) is 6.08. The fraction of sp³-hybridized carbons (Fsp3) is 0.458. The summed E-state index contributed by atoms with van der Waals surface area (Å²) in [6.07, 6.45) is 3.45. The molecule has 2 aliphatic rings. The number of hydrogen-bond donors (Lipinski definition) is 1. The number of hydrogen-bond acceptors (Lipinski definition) is 7. The molecule has 0 bridgehead atoms. The van der Waals surface area contributed by atoms with Crippen LogP contribution in [0.2, 0.25) is 0 Å². The highest BCUT2D eigenvalue weighted by atomic mass is 32.1. The summed E-state index contributed by atoms with van der Waals surface area (Å²) < 4.78 is 5.48. The zero-order valence-corrected chi connectivity index (χ0v) is 19.5. The fourth-order valence-electron chi connectivity index (χ4n) is 4.46. The molecule has 1 aliphatic heterocycles. The van der Waals surface area contributed by atoms with Gasteiger partial charge in [-0.2, -0.15) is 0 Å². The third-order valence-electron chi connectivity index (χ3n) is 6.12. The number of carbonyl (C=O) groups is 1. The van der Waals surface area contributed by atoms with Crippen LogP contribution in [-0.4, -0.2) is 66.1 Å². The van der Waals surface area contributed by atoms with Gasteiger partial charge in [-0.05, 0) is 42.5 Å². The molecule has 0 unspecified atom stereocenters. The minimum absolute atomic E-state index is 0.0136. The summed E-state index contributed by atoms with van der Waals surface area (Å²) in [7, 11) is 3.55. The van der Waals surface area contributed by atoms with E-state index in [0.717, 1.165) is 67.7 Å². The van der Waals surface area contributed by atoms with E-state index in [4.69, 9.17) is 14.7 Å². The lowest BCUT2D eigenvalue weighted by Crippen LogP contribution is -2.36. The molecule has 0 spiro atoms. The summed E-state index contributed by atoms with van der Waals surface area (Å²) in [5.41, 5.74) is 3.18. The van der Waals surface area contributed by atoms with Crippen LogP contribution in [0.15, 0.2) is 24.3 Å². The van der Waals surface area contributed by atoms with E-state index in [1.807, 2.05) is 35.6 Å². The van der Waals surface area contributed by atoms with Crippen LogP contribution < -0.4 is 5.32 Å². The van der Waals surface area contributed by atoms with Gasteiger partial charge in [0.05, 0.1) is 25.1 Å². The number of aryl methyl sites for hydroxylation is 2. The second-order valence-electron chi connectivity index (χ2n) is 8.67. The number of carbonyl (C=O) groups excluding carboxylic acids is 1. The highest BCUT2D eigenvalue weighted by Crippen LogP contribution is 2.39. The molecule has 1 fully saturated rings. The van der Waals surface area contributed by atoms with Crippen molar-refractivity contribution in [3.05, 3.63) is 51.7 Å². The first-order chi connectivity index (χ1) is 15.6. The van der Waals surface area contributed by atoms with E-state index in [1.165, 1.54) is 22.2 Å². The van der Waals surface area contributed by atoms with Gasteiger partial charge in [0.15, 0.2) is 0 Å². The molecule has 3 heterocycles. The summed E-state index contributed by atoms with van der Waals surface area (Å²) >= 11 is 1.82. The molecule has 1 amide bonds. The maximum Gasteiger partial charge on any atom is 0.253 e. The molecule has 1 N–H and O–H groups in total. The monoisotopic (exact) mass is 451 g/mol. The Hall–Kier alpha value is -2.55. The molecule has 0 atom stereocenters. The minimum atomic E-state index is 0.0136. The first kappa shape index (κ1) is 21.3. The summed E-state index contributed by atoms with van der Waals surface area (Å²) in [6.45, 7) is 4.71. The number of amides is 1. The van der Waals surface area contributed by atoms with E-state index >= 15 is 0 Å². The Labute approximate surface area is 192 Å². The van der Waals surface area contributed by atoms with Gasteiger partial charge in [0.25, 0.3) is 5.91 Å². The van der Waals surface area contributed by atoms with Crippen molar-refractivity contribution < 1.29 is 9.53 Å². The van der Waals surface area contributed by atoms with E-state index in [9.17, 15) is 4.79 Å². The van der Waals surface area contributed by atoms with Crippen molar-refractivity contribution in [2.45, 2.75) is 32.4 Å². The average Bonchev–Trinajstić information content (AvgIpc) is 3.39. The van der Waals surface area contributed by atoms with Crippen LogP contribution in [0.1, 0.15) is 38.6 Å². The van der Waals surface area contributed by atoms with E-state index in [-0.39, 0.29) is 5.91 Å². The molecular weight excluding hydrogens is 422 g/mol. The van der Waals surface area contributed by atoms with Crippen molar-refractivity contribution in [2.75, 3.05) is 45.7 Å². The highest BCUT2D eigenvalue weighted by molar-refractivity contribution is 7.19. The van der Waals surface area contributed by atoms with Gasteiger partial charge < -0.3 is 15.0 Å². The number of nitrogens with one attached hydrogen (secondary N) is 1. The molecule has 1 aromatic carbocycles. The number of aromatic nitrogens is 2. The molecule has 168 valence electrons. The maximum atomic E-state index is 12.3. The van der Waals surface area contributed by atoms with E-state index in [1.54, 1.807) is 19.0 Å². The van der Waals surface area contributed by atoms with Crippen LogP contribution in [0.3, 0.4) is 0 Å². The van der Waals surface area contributed by atoms with Crippen LogP contribution >= 0.6 is 11.3 Å². The molecule has 32 heavy (non-hydrogen) atoms. The average molecular weight is 452 g/mol. The van der Waals surface area contributed by atoms with Gasteiger partial charge in [-0.1, -0.05) is 12.1 Å². The summed E-state index contributed by atoms with van der Waals surface area (Å²) in [6, 6.07) is 7.81. The third kappa shape index (κ3) is 4.35. The number of fused-ring (bicyclic) bond motifs is 3. The van der Waals surface area contributed by atoms with Crippen molar-refractivity contribution in [2.24, 2.45) is 0 Å². The van der Waals surface area contributed by atoms with Crippen molar-refractivity contribution in [3.8, 4) is 0 Å². The van der Waals surface area contributed by atoms with Crippen LogP contribution in [0, 0.1) is 0 Å². The summed E-state index contributed by atoms with van der Waals surface area (Å²) in [4.78, 5) is 28.8. The van der Waals surface area contributed by atoms with Gasteiger partial charge in [0.1, 0.15) is 16.5 Å². The third-order valence-corrected chi connectivity index (χ3v) is 7.31. The minimum Gasteiger partial charge on any atom is -0.379 e. The van der Waals surface area contributed by atoms with Gasteiger partial charge >= 0.3 is 0 Å². The van der Waals surface area contributed by atoms with Crippen LogP contribution in [0.25, 0.3) is 10.2 Å². The Bertz CT molecular complexity index is 1140. The standard InChI is InChI=1S/C24H29N5O2S/c1-28(2)24(30)17-6-3-5-16(13-17)14-25-22-21-18-7-4-8-19(18)32-23(21)27-20(26-22)15-29-9-11-31-12-10-29/h3,5-6,13H,4,7-12,14-15H2,1-2H3,(H,25,26,27). The molecule has 0 radical (unpaired) electrons. The Morgan fingerprint density at radius 3 is 2.88 bits per heavy atom. The smallest absolute Gasteiger partial charge is 0.253 e. The molecule has 3 aromatic rings. The zero-order chi connectivity index (χ0) is 22.1. The van der Waals surface area contributed by atoms with Gasteiger partial charge in [-0.15, -0.1) is 11.3 Å². The van der Waals surface area contributed by atoms with Gasteiger partial charge in [0.2, 0.25) is 0 Å². The SMILES string of the molecule is CN(C)C(=O)c1cccc(CNc2nc(CN3CCOCC3)nc3sc4c(c23)CCC4)c1. The molecule has 8 heteroatoms. The highest BCUT2D eigenvalue weighted by Gasteiger charge is 2.23. The van der Waals surface area contributed by atoms with Crippen LogP contribution in [-0.2, 0) is 30.7 Å². The lowest BCUT2D eigenvalue weighted by atomic mass is 10.1. The molecule has 0 saturated carbocycles. The Morgan fingerprint density at radius 2 is 2.06 bits per heavy atom. The lowest BCUT2D eigenvalue weighted by Gasteiger charge is -2.25. The first-order valence-corrected chi connectivity index (χ1v) is 12.1. The van der Waals surface area contributed by atoms with Crippen molar-refractivity contribution in [1.82, 2.24) is 19.8 Å². The number of thiophene rings is 1. The number of morpholine rings is 1. The Balaban J connectivity index is 1.43. The number of anilines is 1. The number of rotatable bonds is 6. The predicted molar refractivity (Wildman–Crippen MR) is 127 cm³/mol. The Morgan fingerprint density at radius 1 is 1.22 bits per heavy atom. The van der Waals surface area contributed by atoms with Crippen LogP contribution in [0.5, 0.6) is 0 Å². The predicted octanol–water partition coefficient (Wildman–Crippen LogP) is 3.33. The summed E-state index contributed by atoms with van der Waals surface area (Å²) in [5, 5.41) is 4.77. The second-order valence-corrected chi connectivity index (χ2v) is 9.75. The molecule has 7 nitrogen and oxygen atoms in total. The molecule has 1 aliphatic carbocycles.